The van der Waals surface area contributed by atoms with E-state index in [1.54, 1.807) is 12.3 Å². The van der Waals surface area contributed by atoms with Gasteiger partial charge in [0.2, 0.25) is 0 Å². The highest BCUT2D eigenvalue weighted by Crippen LogP contribution is 2.59. The zero-order valence-corrected chi connectivity index (χ0v) is 26.7. The number of fused-ring (bicyclic) bond motifs is 5. The molecule has 2 heteroatoms. The van der Waals surface area contributed by atoms with Crippen LogP contribution in [0.2, 0.25) is 0 Å². The number of hydrogen-bond donors (Lipinski definition) is 0. The van der Waals surface area contributed by atoms with E-state index in [4.69, 9.17) is 0 Å². The maximum absolute atomic E-state index is 9.56. The second-order valence-electron chi connectivity index (χ2n) is 12.6. The van der Waals surface area contributed by atoms with Crippen LogP contribution in [0, 0.1) is 11.3 Å². The second-order valence-corrected chi connectivity index (χ2v) is 12.6. The Morgan fingerprint density at radius 1 is 0.449 bits per heavy atom. The van der Waals surface area contributed by atoms with Gasteiger partial charge in [-0.25, -0.2) is 0 Å². The normalized spacial score (nSPS) is 12.6. The van der Waals surface area contributed by atoms with Gasteiger partial charge in [0.1, 0.15) is 0 Å². The number of aromatic nitrogens is 1. The lowest BCUT2D eigenvalue weighted by Crippen LogP contribution is -2.28. The van der Waals surface area contributed by atoms with E-state index in [0.717, 1.165) is 16.8 Å². The standard InChI is InChI=1S/C47H30N2/c48-31-32-25-26-49-45(27-32)36-16-12-15-35(28-36)42-30-44-46(40-22-11-10-21-39(40)42)41-24-23-34(33-13-4-1-5-14-33)29-43(41)47(44,37-17-6-2-7-18-37)38-19-8-3-9-20-38/h1-30H. The smallest absolute Gasteiger partial charge is 0.0992 e. The lowest BCUT2D eigenvalue weighted by molar-refractivity contribution is 0.769. The van der Waals surface area contributed by atoms with E-state index < -0.39 is 5.41 Å². The number of nitrogens with zero attached hydrogens (tertiary/aromatic N) is 2. The number of hydrogen-bond acceptors (Lipinski definition) is 2. The Hall–Kier alpha value is -6.56. The van der Waals surface area contributed by atoms with Crippen LogP contribution in [0.1, 0.15) is 27.8 Å². The van der Waals surface area contributed by atoms with Crippen LogP contribution in [0.15, 0.2) is 182 Å². The largest absolute Gasteiger partial charge is 0.256 e. The summed E-state index contributed by atoms with van der Waals surface area (Å²) in [5.74, 6) is 0. The Morgan fingerprint density at radius 2 is 1.08 bits per heavy atom. The van der Waals surface area contributed by atoms with Gasteiger partial charge in [0.05, 0.1) is 22.7 Å². The molecule has 0 bridgehead atoms. The third-order valence-electron chi connectivity index (χ3n) is 10.0. The average molecular weight is 623 g/mol. The Kier molecular flexibility index (Phi) is 6.78. The van der Waals surface area contributed by atoms with Crippen molar-refractivity contribution in [2.24, 2.45) is 0 Å². The second kappa shape index (κ2) is 11.6. The topological polar surface area (TPSA) is 36.7 Å². The summed E-state index contributed by atoms with van der Waals surface area (Å²) < 4.78 is 0. The minimum Gasteiger partial charge on any atom is -0.256 e. The van der Waals surface area contributed by atoms with Crippen LogP contribution in [-0.4, -0.2) is 4.98 Å². The molecule has 2 nitrogen and oxygen atoms in total. The first-order valence-electron chi connectivity index (χ1n) is 16.6. The van der Waals surface area contributed by atoms with E-state index in [2.05, 4.69) is 175 Å². The van der Waals surface area contributed by atoms with Gasteiger partial charge in [0, 0.05) is 11.8 Å². The van der Waals surface area contributed by atoms with Crippen molar-refractivity contribution in [1.29, 1.82) is 5.26 Å². The third kappa shape index (κ3) is 4.52. The lowest BCUT2D eigenvalue weighted by Gasteiger charge is -2.34. The maximum Gasteiger partial charge on any atom is 0.0992 e. The molecule has 8 aromatic rings. The Balaban J connectivity index is 1.39. The van der Waals surface area contributed by atoms with Crippen molar-refractivity contribution in [3.63, 3.8) is 0 Å². The molecule has 0 atom stereocenters. The lowest BCUT2D eigenvalue weighted by atomic mass is 9.67. The first-order valence-corrected chi connectivity index (χ1v) is 16.6. The molecule has 9 rings (SSSR count). The summed E-state index contributed by atoms with van der Waals surface area (Å²) >= 11 is 0. The van der Waals surface area contributed by atoms with Gasteiger partial charge in [-0.2, -0.15) is 5.26 Å². The van der Waals surface area contributed by atoms with E-state index in [1.165, 1.54) is 60.8 Å². The fraction of sp³-hybridized carbons (Fsp3) is 0.0213. The molecule has 0 N–H and O–H groups in total. The SMILES string of the molecule is N#Cc1ccnc(-c2cccc(-c3cc4c(c5ccccc35)-c3ccc(-c5ccccc5)cc3C4(c3ccccc3)c3ccccc3)c2)c1. The number of rotatable bonds is 5. The van der Waals surface area contributed by atoms with Crippen LogP contribution in [0.5, 0.6) is 0 Å². The van der Waals surface area contributed by atoms with Crippen molar-refractivity contribution < 1.29 is 0 Å². The third-order valence-corrected chi connectivity index (χ3v) is 10.0. The van der Waals surface area contributed by atoms with E-state index in [9.17, 15) is 5.26 Å². The van der Waals surface area contributed by atoms with Crippen LogP contribution in [-0.2, 0) is 5.41 Å². The molecule has 0 radical (unpaired) electrons. The average Bonchev–Trinajstić information content (AvgIpc) is 3.49. The van der Waals surface area contributed by atoms with E-state index in [-0.39, 0.29) is 0 Å². The minimum absolute atomic E-state index is 0.558. The quantitative estimate of drug-likeness (QED) is 0.191. The summed E-state index contributed by atoms with van der Waals surface area (Å²) in [5, 5.41) is 12.0. The number of benzene rings is 7. The van der Waals surface area contributed by atoms with Gasteiger partial charge in [-0.15, -0.1) is 0 Å². The highest BCUT2D eigenvalue weighted by Gasteiger charge is 2.47. The van der Waals surface area contributed by atoms with Gasteiger partial charge in [-0.1, -0.05) is 146 Å². The molecule has 0 unspecified atom stereocenters. The highest BCUT2D eigenvalue weighted by atomic mass is 14.7. The van der Waals surface area contributed by atoms with Crippen LogP contribution >= 0.6 is 0 Å². The first kappa shape index (κ1) is 28.6. The summed E-state index contributed by atoms with van der Waals surface area (Å²) in [6.07, 6.45) is 1.71. The zero-order valence-electron chi connectivity index (χ0n) is 26.7. The molecule has 0 saturated carbocycles. The first-order chi connectivity index (χ1) is 24.3. The Labute approximate surface area is 286 Å². The van der Waals surface area contributed by atoms with Crippen LogP contribution < -0.4 is 0 Å². The Morgan fingerprint density at radius 3 is 1.80 bits per heavy atom. The molecular formula is C47H30N2. The van der Waals surface area contributed by atoms with Gasteiger partial charge < -0.3 is 0 Å². The summed E-state index contributed by atoms with van der Waals surface area (Å²) in [5.41, 5.74) is 14.1. The molecule has 0 spiro atoms. The van der Waals surface area contributed by atoms with Gasteiger partial charge in [-0.3, -0.25) is 4.98 Å². The summed E-state index contributed by atoms with van der Waals surface area (Å²) in [6.45, 7) is 0. The van der Waals surface area contributed by atoms with Gasteiger partial charge in [-0.05, 0) is 96.7 Å². The predicted octanol–water partition coefficient (Wildman–Crippen LogP) is 11.5. The molecule has 0 aliphatic heterocycles. The number of pyridine rings is 1. The van der Waals surface area contributed by atoms with Gasteiger partial charge in [0.25, 0.3) is 0 Å². The summed E-state index contributed by atoms with van der Waals surface area (Å²) in [6, 6.07) is 65.4. The number of nitriles is 1. The molecular weight excluding hydrogens is 593 g/mol. The summed E-state index contributed by atoms with van der Waals surface area (Å²) in [7, 11) is 0. The van der Waals surface area contributed by atoms with Crippen LogP contribution in [0.4, 0.5) is 0 Å². The van der Waals surface area contributed by atoms with Crippen molar-refractivity contribution in [2.45, 2.75) is 5.41 Å². The van der Waals surface area contributed by atoms with Gasteiger partial charge >= 0.3 is 0 Å². The van der Waals surface area contributed by atoms with E-state index in [1.807, 2.05) is 6.07 Å². The zero-order chi connectivity index (χ0) is 32.8. The summed E-state index contributed by atoms with van der Waals surface area (Å²) in [4.78, 5) is 4.62. The molecule has 7 aromatic carbocycles. The van der Waals surface area contributed by atoms with Crippen molar-refractivity contribution in [3.05, 3.63) is 210 Å². The fourth-order valence-electron chi connectivity index (χ4n) is 7.90. The monoisotopic (exact) mass is 622 g/mol. The van der Waals surface area contributed by atoms with Crippen molar-refractivity contribution in [1.82, 2.24) is 4.98 Å². The van der Waals surface area contributed by atoms with Crippen LogP contribution in [0.3, 0.4) is 0 Å². The maximum atomic E-state index is 9.56. The van der Waals surface area contributed by atoms with Gasteiger partial charge in [0.15, 0.2) is 0 Å². The molecule has 1 heterocycles. The minimum atomic E-state index is -0.558. The molecule has 0 amide bonds. The predicted molar refractivity (Wildman–Crippen MR) is 200 cm³/mol. The molecule has 1 aliphatic rings. The molecule has 0 fully saturated rings. The molecule has 1 aromatic heterocycles. The van der Waals surface area contributed by atoms with Crippen molar-refractivity contribution in [2.75, 3.05) is 0 Å². The van der Waals surface area contributed by atoms with E-state index in [0.29, 0.717) is 5.56 Å². The fourth-order valence-corrected chi connectivity index (χ4v) is 7.90. The van der Waals surface area contributed by atoms with Crippen molar-refractivity contribution >= 4 is 10.8 Å². The Bertz CT molecular complexity index is 2510. The molecule has 0 saturated heterocycles. The van der Waals surface area contributed by atoms with Crippen LogP contribution in [0.25, 0.3) is 55.4 Å². The van der Waals surface area contributed by atoms with Crippen molar-refractivity contribution in [3.8, 4) is 50.7 Å². The molecule has 49 heavy (non-hydrogen) atoms. The molecule has 1 aliphatic carbocycles. The molecule has 228 valence electrons. The van der Waals surface area contributed by atoms with E-state index >= 15 is 0 Å². The highest BCUT2D eigenvalue weighted by molar-refractivity contribution is 6.10.